The molecule has 2 rings (SSSR count). The molecule has 1 fully saturated rings. The van der Waals surface area contributed by atoms with Crippen molar-refractivity contribution in [3.63, 3.8) is 0 Å². The van der Waals surface area contributed by atoms with Crippen molar-refractivity contribution in [2.24, 2.45) is 0 Å². The monoisotopic (exact) mass is 329 g/mol. The van der Waals surface area contributed by atoms with E-state index in [0.717, 1.165) is 5.56 Å². The third-order valence-corrected chi connectivity index (χ3v) is 4.77. The Morgan fingerprint density at radius 1 is 1.25 bits per heavy atom. The zero-order valence-corrected chi connectivity index (χ0v) is 15.0. The third-order valence-electron chi connectivity index (χ3n) is 4.77. The van der Waals surface area contributed by atoms with Gasteiger partial charge in [0.1, 0.15) is 0 Å². The molecule has 1 atom stereocenters. The number of esters is 1. The molecule has 1 saturated heterocycles. The Balaban J connectivity index is 2.38. The number of carbonyl (C=O) groups excluding carboxylic acids is 1. The summed E-state index contributed by atoms with van der Waals surface area (Å²) in [6.07, 6.45) is 0.101. The lowest BCUT2D eigenvalue weighted by atomic mass is 9.65. The zero-order valence-electron chi connectivity index (χ0n) is 15.0. The van der Waals surface area contributed by atoms with E-state index in [2.05, 4.69) is 6.07 Å². The second kappa shape index (κ2) is 6.96. The predicted molar refractivity (Wildman–Crippen MR) is 91.2 cm³/mol. The van der Waals surface area contributed by atoms with E-state index in [-0.39, 0.29) is 12.4 Å². The van der Waals surface area contributed by atoms with Crippen LogP contribution in [0.4, 0.5) is 0 Å². The average molecular weight is 329 g/mol. The molecular formula is C18H24BNO4. The third kappa shape index (κ3) is 3.63. The fourth-order valence-corrected chi connectivity index (χ4v) is 2.73. The first-order chi connectivity index (χ1) is 11.2. The van der Waals surface area contributed by atoms with E-state index in [1.165, 1.54) is 0 Å². The first-order valence-electron chi connectivity index (χ1n) is 8.22. The van der Waals surface area contributed by atoms with Crippen molar-refractivity contribution in [3.8, 4) is 6.07 Å². The maximum atomic E-state index is 12.1. The van der Waals surface area contributed by atoms with Gasteiger partial charge in [-0.15, -0.1) is 0 Å². The fraction of sp³-hybridized carbons (Fsp3) is 0.556. The molecule has 24 heavy (non-hydrogen) atoms. The number of hydrogen-bond acceptors (Lipinski definition) is 5. The first kappa shape index (κ1) is 18.5. The molecule has 128 valence electrons. The number of nitrogens with zero attached hydrogens (tertiary/aromatic N) is 1. The van der Waals surface area contributed by atoms with Gasteiger partial charge in [-0.2, -0.15) is 5.26 Å². The number of ether oxygens (including phenoxy) is 1. The Labute approximate surface area is 144 Å². The lowest BCUT2D eigenvalue weighted by Gasteiger charge is -2.32. The van der Waals surface area contributed by atoms with Crippen molar-refractivity contribution in [2.45, 2.75) is 58.1 Å². The van der Waals surface area contributed by atoms with Crippen LogP contribution in [0.5, 0.6) is 0 Å². The van der Waals surface area contributed by atoms with Crippen LogP contribution in [0.3, 0.4) is 0 Å². The molecule has 0 radical (unpaired) electrons. The lowest BCUT2D eigenvalue weighted by Crippen LogP contribution is -2.41. The summed E-state index contributed by atoms with van der Waals surface area (Å²) >= 11 is 0. The van der Waals surface area contributed by atoms with Crippen molar-refractivity contribution in [1.82, 2.24) is 0 Å². The van der Waals surface area contributed by atoms with E-state index in [9.17, 15) is 10.1 Å². The zero-order chi connectivity index (χ0) is 18.0. The standard InChI is InChI=1S/C18H24BNO4/c1-6-22-16(21)11-15(14-10-8-7-9-13(14)12-20)19-23-17(2,3)18(4,5)24-19/h7-10,15H,6,11H2,1-5H3. The second-order valence-electron chi connectivity index (χ2n) is 6.94. The van der Waals surface area contributed by atoms with Crippen molar-refractivity contribution in [2.75, 3.05) is 6.61 Å². The van der Waals surface area contributed by atoms with E-state index in [1.807, 2.05) is 39.8 Å². The highest BCUT2D eigenvalue weighted by Gasteiger charge is 2.54. The van der Waals surface area contributed by atoms with Crippen LogP contribution in [0.15, 0.2) is 24.3 Å². The molecule has 1 aliphatic heterocycles. The molecule has 1 heterocycles. The maximum Gasteiger partial charge on any atom is 0.466 e. The fourth-order valence-electron chi connectivity index (χ4n) is 2.73. The predicted octanol–water partition coefficient (Wildman–Crippen LogP) is 3.23. The van der Waals surface area contributed by atoms with Crippen LogP contribution in [-0.4, -0.2) is 30.9 Å². The molecule has 1 aliphatic rings. The molecule has 6 heteroatoms. The summed E-state index contributed by atoms with van der Waals surface area (Å²) < 4.78 is 17.3. The van der Waals surface area contributed by atoms with E-state index in [1.54, 1.807) is 19.1 Å². The van der Waals surface area contributed by atoms with Gasteiger partial charge in [-0.1, -0.05) is 18.2 Å². The second-order valence-corrected chi connectivity index (χ2v) is 6.94. The normalized spacial score (nSPS) is 19.6. The molecule has 1 unspecified atom stereocenters. The SMILES string of the molecule is CCOC(=O)CC(B1OC(C)(C)C(C)(C)O1)c1ccccc1C#N. The van der Waals surface area contributed by atoms with E-state index in [0.29, 0.717) is 12.2 Å². The number of carbonyl (C=O) groups is 1. The summed E-state index contributed by atoms with van der Waals surface area (Å²) in [4.78, 5) is 12.1. The van der Waals surface area contributed by atoms with Gasteiger partial charge >= 0.3 is 13.1 Å². The molecule has 5 nitrogen and oxygen atoms in total. The molecule has 0 saturated carbocycles. The van der Waals surface area contributed by atoms with Crippen LogP contribution in [0.2, 0.25) is 0 Å². The lowest BCUT2D eigenvalue weighted by molar-refractivity contribution is -0.143. The molecule has 1 aromatic carbocycles. The van der Waals surface area contributed by atoms with Gasteiger partial charge in [0.25, 0.3) is 0 Å². The molecule has 0 N–H and O–H groups in total. The molecule has 0 bridgehead atoms. The Bertz CT molecular complexity index is 635. The largest absolute Gasteiger partial charge is 0.466 e. The Hall–Kier alpha value is -1.84. The van der Waals surface area contributed by atoms with Crippen molar-refractivity contribution in [3.05, 3.63) is 35.4 Å². The minimum absolute atomic E-state index is 0.101. The van der Waals surface area contributed by atoms with Gasteiger partial charge in [0.05, 0.1) is 35.9 Å². The van der Waals surface area contributed by atoms with Gasteiger partial charge in [-0.05, 0) is 46.2 Å². The maximum absolute atomic E-state index is 12.1. The van der Waals surface area contributed by atoms with Crippen LogP contribution in [0.1, 0.15) is 58.0 Å². The van der Waals surface area contributed by atoms with E-state index < -0.39 is 24.1 Å². The highest BCUT2D eigenvalue weighted by atomic mass is 16.7. The first-order valence-corrected chi connectivity index (χ1v) is 8.22. The topological polar surface area (TPSA) is 68.6 Å². The summed E-state index contributed by atoms with van der Waals surface area (Å²) in [5.74, 6) is -0.731. The summed E-state index contributed by atoms with van der Waals surface area (Å²) in [6, 6.07) is 9.40. The molecule has 0 spiro atoms. The summed E-state index contributed by atoms with van der Waals surface area (Å²) in [6.45, 7) is 9.93. The van der Waals surface area contributed by atoms with Crippen molar-refractivity contribution in [1.29, 1.82) is 5.26 Å². The summed E-state index contributed by atoms with van der Waals surface area (Å²) in [5, 5.41) is 9.41. The van der Waals surface area contributed by atoms with Gasteiger partial charge in [0.2, 0.25) is 0 Å². The highest BCUT2D eigenvalue weighted by Crippen LogP contribution is 2.42. The van der Waals surface area contributed by atoms with Gasteiger partial charge in [0, 0.05) is 5.82 Å². The number of benzene rings is 1. The number of hydrogen-bond donors (Lipinski definition) is 0. The Kier molecular flexibility index (Phi) is 5.37. The van der Waals surface area contributed by atoms with Crippen LogP contribution in [0.25, 0.3) is 0 Å². The van der Waals surface area contributed by atoms with Gasteiger partial charge in [-0.25, -0.2) is 0 Å². The quantitative estimate of drug-likeness (QED) is 0.613. The Morgan fingerprint density at radius 3 is 2.38 bits per heavy atom. The summed E-state index contributed by atoms with van der Waals surface area (Å²) in [5.41, 5.74) is 0.242. The van der Waals surface area contributed by atoms with Crippen LogP contribution >= 0.6 is 0 Å². The molecular weight excluding hydrogens is 305 g/mol. The molecule has 0 amide bonds. The molecule has 0 aromatic heterocycles. The van der Waals surface area contributed by atoms with Gasteiger partial charge in [-0.3, -0.25) is 4.79 Å². The molecule has 0 aliphatic carbocycles. The number of rotatable bonds is 5. The minimum atomic E-state index is -0.617. The summed E-state index contributed by atoms with van der Waals surface area (Å²) in [7, 11) is -0.617. The van der Waals surface area contributed by atoms with Crippen LogP contribution < -0.4 is 0 Å². The highest BCUT2D eigenvalue weighted by molar-refractivity contribution is 6.48. The van der Waals surface area contributed by atoms with Crippen molar-refractivity contribution < 1.29 is 18.8 Å². The smallest absolute Gasteiger partial charge is 0.466 e. The molecule has 1 aromatic rings. The number of nitriles is 1. The average Bonchev–Trinajstić information content (AvgIpc) is 2.73. The minimum Gasteiger partial charge on any atom is -0.466 e. The van der Waals surface area contributed by atoms with E-state index in [4.69, 9.17) is 14.0 Å². The van der Waals surface area contributed by atoms with E-state index >= 15 is 0 Å². The van der Waals surface area contributed by atoms with Gasteiger partial charge < -0.3 is 14.0 Å². The van der Waals surface area contributed by atoms with Crippen LogP contribution in [0, 0.1) is 11.3 Å². The van der Waals surface area contributed by atoms with Crippen LogP contribution in [-0.2, 0) is 18.8 Å². The van der Waals surface area contributed by atoms with Crippen molar-refractivity contribution >= 4 is 13.1 Å². The Morgan fingerprint density at radius 2 is 1.83 bits per heavy atom. The van der Waals surface area contributed by atoms with Gasteiger partial charge in [0.15, 0.2) is 0 Å².